The number of anilines is 1. The number of aryl methyl sites for hydroxylation is 1. The molecule has 1 unspecified atom stereocenters. The molecule has 0 fully saturated rings. The van der Waals surface area contributed by atoms with Gasteiger partial charge in [-0.15, -0.1) is 0 Å². The molecule has 1 N–H and O–H groups in total. The van der Waals surface area contributed by atoms with Gasteiger partial charge in [0.05, 0.1) is 11.0 Å². The van der Waals surface area contributed by atoms with Crippen molar-refractivity contribution in [1.82, 2.24) is 0 Å². The SMILES string of the molecule is O=[N+]([O-])c1cccc(NC2CCc3cc(F)ccc32)c1. The Morgan fingerprint density at radius 2 is 2.10 bits per heavy atom. The number of fused-ring (bicyclic) bond motifs is 1. The molecule has 4 nitrogen and oxygen atoms in total. The van der Waals surface area contributed by atoms with Crippen LogP contribution in [0, 0.1) is 15.9 Å². The van der Waals surface area contributed by atoms with Crippen molar-refractivity contribution in [3.63, 3.8) is 0 Å². The van der Waals surface area contributed by atoms with Gasteiger partial charge in [-0.2, -0.15) is 0 Å². The second-order valence-corrected chi connectivity index (χ2v) is 4.89. The molecule has 0 bridgehead atoms. The summed E-state index contributed by atoms with van der Waals surface area (Å²) in [4.78, 5) is 10.3. The van der Waals surface area contributed by atoms with Crippen molar-refractivity contribution in [3.8, 4) is 0 Å². The predicted molar refractivity (Wildman–Crippen MR) is 74.2 cm³/mol. The average Bonchev–Trinajstić information content (AvgIpc) is 2.81. The van der Waals surface area contributed by atoms with Gasteiger partial charge >= 0.3 is 0 Å². The lowest BCUT2D eigenvalue weighted by Gasteiger charge is -2.15. The fourth-order valence-electron chi connectivity index (χ4n) is 2.65. The van der Waals surface area contributed by atoms with Crippen LogP contribution in [-0.4, -0.2) is 4.92 Å². The second-order valence-electron chi connectivity index (χ2n) is 4.89. The van der Waals surface area contributed by atoms with Gasteiger partial charge in [-0.3, -0.25) is 10.1 Å². The molecule has 102 valence electrons. The molecule has 2 aromatic rings. The zero-order valence-corrected chi connectivity index (χ0v) is 10.7. The third-order valence-corrected chi connectivity index (χ3v) is 3.58. The zero-order chi connectivity index (χ0) is 14.1. The van der Waals surface area contributed by atoms with Crippen molar-refractivity contribution in [2.75, 3.05) is 5.32 Å². The number of hydrogen-bond donors (Lipinski definition) is 1. The third kappa shape index (κ3) is 2.34. The van der Waals surface area contributed by atoms with Gasteiger partial charge < -0.3 is 5.32 Å². The fourth-order valence-corrected chi connectivity index (χ4v) is 2.65. The molecule has 2 aromatic carbocycles. The van der Waals surface area contributed by atoms with Gasteiger partial charge in [0, 0.05) is 17.8 Å². The number of hydrogen-bond acceptors (Lipinski definition) is 3. The van der Waals surface area contributed by atoms with Gasteiger partial charge in [-0.25, -0.2) is 4.39 Å². The molecule has 5 heteroatoms. The minimum absolute atomic E-state index is 0.0623. The Hall–Kier alpha value is -2.43. The summed E-state index contributed by atoms with van der Waals surface area (Å²) in [5.74, 6) is -0.222. The number of rotatable bonds is 3. The van der Waals surface area contributed by atoms with Crippen molar-refractivity contribution in [2.45, 2.75) is 18.9 Å². The van der Waals surface area contributed by atoms with Crippen molar-refractivity contribution in [1.29, 1.82) is 0 Å². The molecular weight excluding hydrogens is 259 g/mol. The van der Waals surface area contributed by atoms with Crippen LogP contribution in [0.4, 0.5) is 15.8 Å². The quantitative estimate of drug-likeness (QED) is 0.682. The van der Waals surface area contributed by atoms with E-state index in [9.17, 15) is 14.5 Å². The summed E-state index contributed by atoms with van der Waals surface area (Å²) in [6, 6.07) is 11.3. The van der Waals surface area contributed by atoms with E-state index >= 15 is 0 Å². The molecule has 0 radical (unpaired) electrons. The monoisotopic (exact) mass is 272 g/mol. The topological polar surface area (TPSA) is 55.2 Å². The number of nitrogens with zero attached hydrogens (tertiary/aromatic N) is 1. The minimum atomic E-state index is -0.414. The highest BCUT2D eigenvalue weighted by molar-refractivity contribution is 5.53. The lowest BCUT2D eigenvalue weighted by molar-refractivity contribution is -0.384. The molecular formula is C15H13FN2O2. The number of halogens is 1. The van der Waals surface area contributed by atoms with Gasteiger partial charge in [-0.05, 0) is 42.2 Å². The maximum absolute atomic E-state index is 13.2. The molecule has 1 aliphatic carbocycles. The summed E-state index contributed by atoms with van der Waals surface area (Å²) < 4.78 is 13.2. The van der Waals surface area contributed by atoms with Crippen LogP contribution in [0.5, 0.6) is 0 Å². The van der Waals surface area contributed by atoms with Crippen LogP contribution in [0.25, 0.3) is 0 Å². The normalized spacial score (nSPS) is 16.8. The van der Waals surface area contributed by atoms with Crippen molar-refractivity contribution in [3.05, 3.63) is 69.5 Å². The number of nitro groups is 1. The van der Waals surface area contributed by atoms with Gasteiger partial charge in [0.2, 0.25) is 0 Å². The Bertz CT molecular complexity index is 673. The van der Waals surface area contributed by atoms with Crippen LogP contribution in [-0.2, 0) is 6.42 Å². The van der Waals surface area contributed by atoms with Crippen LogP contribution in [0.2, 0.25) is 0 Å². The Labute approximate surface area is 115 Å². The summed E-state index contributed by atoms with van der Waals surface area (Å²) in [6.45, 7) is 0. The lowest BCUT2D eigenvalue weighted by Crippen LogP contribution is -2.07. The first kappa shape index (κ1) is 12.6. The molecule has 1 aliphatic rings. The van der Waals surface area contributed by atoms with Gasteiger partial charge in [-0.1, -0.05) is 12.1 Å². The molecule has 0 spiro atoms. The van der Waals surface area contributed by atoms with Crippen molar-refractivity contribution < 1.29 is 9.31 Å². The standard InChI is InChI=1S/C15H13FN2O2/c16-11-5-6-14-10(8-11)4-7-15(14)17-12-2-1-3-13(9-12)18(19)20/h1-3,5-6,8-9,15,17H,4,7H2. The van der Waals surface area contributed by atoms with Crippen LogP contribution in [0.15, 0.2) is 42.5 Å². The summed E-state index contributed by atoms with van der Waals surface area (Å²) in [6.07, 6.45) is 1.68. The summed E-state index contributed by atoms with van der Waals surface area (Å²) in [5.41, 5.74) is 2.85. The zero-order valence-electron chi connectivity index (χ0n) is 10.7. The molecule has 0 saturated carbocycles. The Morgan fingerprint density at radius 1 is 1.25 bits per heavy atom. The first-order valence-corrected chi connectivity index (χ1v) is 6.43. The number of benzene rings is 2. The highest BCUT2D eigenvalue weighted by Crippen LogP contribution is 2.34. The van der Waals surface area contributed by atoms with E-state index in [0.717, 1.165) is 24.0 Å². The van der Waals surface area contributed by atoms with E-state index in [1.807, 2.05) is 0 Å². The molecule has 0 saturated heterocycles. The Kier molecular flexibility index (Phi) is 3.10. The number of nitro benzene ring substituents is 1. The van der Waals surface area contributed by atoms with E-state index in [1.165, 1.54) is 18.2 Å². The first-order valence-electron chi connectivity index (χ1n) is 6.43. The van der Waals surface area contributed by atoms with Crippen molar-refractivity contribution >= 4 is 11.4 Å². The van der Waals surface area contributed by atoms with Crippen LogP contribution < -0.4 is 5.32 Å². The van der Waals surface area contributed by atoms with Crippen LogP contribution in [0.3, 0.4) is 0 Å². The second kappa shape index (κ2) is 4.92. The van der Waals surface area contributed by atoms with Gasteiger partial charge in [0.15, 0.2) is 0 Å². The third-order valence-electron chi connectivity index (χ3n) is 3.58. The first-order chi connectivity index (χ1) is 9.63. The molecule has 1 atom stereocenters. The number of non-ortho nitro benzene ring substituents is 1. The fraction of sp³-hybridized carbons (Fsp3) is 0.200. The smallest absolute Gasteiger partial charge is 0.271 e. The number of nitrogens with one attached hydrogen (secondary N) is 1. The van der Waals surface area contributed by atoms with Crippen LogP contribution in [0.1, 0.15) is 23.6 Å². The Balaban J connectivity index is 1.84. The van der Waals surface area contributed by atoms with Crippen LogP contribution >= 0.6 is 0 Å². The molecule has 20 heavy (non-hydrogen) atoms. The highest BCUT2D eigenvalue weighted by atomic mass is 19.1. The summed E-state index contributed by atoms with van der Waals surface area (Å²) in [7, 11) is 0. The maximum atomic E-state index is 13.2. The lowest BCUT2D eigenvalue weighted by atomic mass is 10.1. The van der Waals surface area contributed by atoms with E-state index in [1.54, 1.807) is 24.3 Å². The van der Waals surface area contributed by atoms with Gasteiger partial charge in [0.25, 0.3) is 5.69 Å². The van der Waals surface area contributed by atoms with Crippen molar-refractivity contribution in [2.24, 2.45) is 0 Å². The van der Waals surface area contributed by atoms with E-state index < -0.39 is 4.92 Å². The summed E-state index contributed by atoms with van der Waals surface area (Å²) in [5, 5.41) is 14.0. The van der Waals surface area contributed by atoms with E-state index in [-0.39, 0.29) is 17.5 Å². The maximum Gasteiger partial charge on any atom is 0.271 e. The molecule has 3 rings (SSSR count). The predicted octanol–water partition coefficient (Wildman–Crippen LogP) is 3.83. The largest absolute Gasteiger partial charge is 0.378 e. The average molecular weight is 272 g/mol. The molecule has 0 amide bonds. The van der Waals surface area contributed by atoms with E-state index in [0.29, 0.717) is 5.69 Å². The minimum Gasteiger partial charge on any atom is -0.378 e. The molecule has 0 aliphatic heterocycles. The molecule has 0 heterocycles. The molecule has 0 aromatic heterocycles. The highest BCUT2D eigenvalue weighted by Gasteiger charge is 2.22. The Morgan fingerprint density at radius 3 is 2.90 bits per heavy atom. The summed E-state index contributed by atoms with van der Waals surface area (Å²) >= 11 is 0. The van der Waals surface area contributed by atoms with E-state index in [4.69, 9.17) is 0 Å². The van der Waals surface area contributed by atoms with Gasteiger partial charge in [0.1, 0.15) is 5.82 Å². The van der Waals surface area contributed by atoms with E-state index in [2.05, 4.69) is 5.32 Å².